The Morgan fingerprint density at radius 1 is 1.41 bits per heavy atom. The number of amides is 1. The first-order chi connectivity index (χ1) is 8.22. The van der Waals surface area contributed by atoms with Gasteiger partial charge in [-0.1, -0.05) is 12.8 Å². The third-order valence-corrected chi connectivity index (χ3v) is 3.22. The molecule has 0 aromatic carbocycles. The molecule has 0 saturated heterocycles. The van der Waals surface area contributed by atoms with Gasteiger partial charge in [0.2, 0.25) is 0 Å². The second kappa shape index (κ2) is 5.09. The highest BCUT2D eigenvalue weighted by atomic mass is 16.2. The summed E-state index contributed by atoms with van der Waals surface area (Å²) in [6.07, 6.45) is 4.56. The summed E-state index contributed by atoms with van der Waals surface area (Å²) in [5, 5.41) is 7.65. The second-order valence-electron chi connectivity index (χ2n) is 4.30. The molecule has 1 aliphatic rings. The molecule has 17 heavy (non-hydrogen) atoms. The molecular formula is C11H17N5O. The van der Waals surface area contributed by atoms with Crippen LogP contribution in [0.3, 0.4) is 0 Å². The smallest absolute Gasteiger partial charge is 0.274 e. The zero-order valence-corrected chi connectivity index (χ0v) is 9.89. The number of hydrazine groups is 1. The second-order valence-corrected chi connectivity index (χ2v) is 4.30. The predicted octanol–water partition coefficient (Wildman–Crippen LogP) is 0.777. The van der Waals surface area contributed by atoms with Gasteiger partial charge in [-0.3, -0.25) is 4.79 Å². The molecule has 1 aromatic heterocycles. The minimum atomic E-state index is -0.0760. The van der Waals surface area contributed by atoms with Crippen molar-refractivity contribution >= 4 is 11.7 Å². The molecule has 1 heterocycles. The topological polar surface area (TPSA) is 84.1 Å². The van der Waals surface area contributed by atoms with Gasteiger partial charge in [-0.25, -0.2) is 5.84 Å². The Kier molecular flexibility index (Phi) is 3.53. The maximum Gasteiger partial charge on any atom is 0.274 e. The van der Waals surface area contributed by atoms with Crippen LogP contribution in [0.4, 0.5) is 5.82 Å². The van der Waals surface area contributed by atoms with Crippen molar-refractivity contribution in [2.75, 3.05) is 12.5 Å². The number of rotatable bonds is 3. The van der Waals surface area contributed by atoms with Gasteiger partial charge in [0.15, 0.2) is 11.5 Å². The largest absolute Gasteiger partial charge is 0.337 e. The number of nitrogens with zero attached hydrogens (tertiary/aromatic N) is 3. The van der Waals surface area contributed by atoms with E-state index in [0.29, 0.717) is 17.6 Å². The molecule has 0 aliphatic heterocycles. The molecule has 1 aromatic rings. The molecule has 6 heteroatoms. The van der Waals surface area contributed by atoms with Crippen molar-refractivity contribution in [1.82, 2.24) is 15.1 Å². The van der Waals surface area contributed by atoms with E-state index >= 15 is 0 Å². The summed E-state index contributed by atoms with van der Waals surface area (Å²) in [6.45, 7) is 0. The lowest BCUT2D eigenvalue weighted by Gasteiger charge is -2.23. The number of hydrogen-bond acceptors (Lipinski definition) is 5. The third kappa shape index (κ3) is 2.52. The van der Waals surface area contributed by atoms with Gasteiger partial charge in [-0.2, -0.15) is 0 Å². The van der Waals surface area contributed by atoms with Crippen LogP contribution in [0.15, 0.2) is 12.1 Å². The average Bonchev–Trinajstić information content (AvgIpc) is 2.91. The van der Waals surface area contributed by atoms with E-state index in [1.807, 2.05) is 7.05 Å². The molecule has 0 atom stereocenters. The molecule has 1 amide bonds. The summed E-state index contributed by atoms with van der Waals surface area (Å²) in [5.41, 5.74) is 2.74. The van der Waals surface area contributed by atoms with Crippen molar-refractivity contribution < 1.29 is 4.79 Å². The van der Waals surface area contributed by atoms with Crippen LogP contribution in [0.25, 0.3) is 0 Å². The summed E-state index contributed by atoms with van der Waals surface area (Å²) < 4.78 is 0. The third-order valence-electron chi connectivity index (χ3n) is 3.22. The fourth-order valence-corrected chi connectivity index (χ4v) is 2.16. The molecule has 1 saturated carbocycles. The summed E-state index contributed by atoms with van der Waals surface area (Å²) in [4.78, 5) is 13.9. The van der Waals surface area contributed by atoms with Crippen LogP contribution in [0.2, 0.25) is 0 Å². The van der Waals surface area contributed by atoms with E-state index in [2.05, 4.69) is 15.6 Å². The average molecular weight is 235 g/mol. The van der Waals surface area contributed by atoms with E-state index < -0.39 is 0 Å². The number of nitrogen functional groups attached to an aromatic ring is 1. The Hall–Kier alpha value is -1.69. The number of nitrogens with two attached hydrogens (primary N) is 1. The summed E-state index contributed by atoms with van der Waals surface area (Å²) in [7, 11) is 1.83. The van der Waals surface area contributed by atoms with E-state index in [1.165, 1.54) is 12.8 Å². The highest BCUT2D eigenvalue weighted by molar-refractivity contribution is 5.92. The van der Waals surface area contributed by atoms with Crippen molar-refractivity contribution in [3.8, 4) is 0 Å². The van der Waals surface area contributed by atoms with Gasteiger partial charge in [0.1, 0.15) is 0 Å². The van der Waals surface area contributed by atoms with Crippen LogP contribution in [0.1, 0.15) is 36.2 Å². The quantitative estimate of drug-likeness (QED) is 0.597. The van der Waals surface area contributed by atoms with Gasteiger partial charge in [-0.15, -0.1) is 10.2 Å². The van der Waals surface area contributed by atoms with Crippen LogP contribution >= 0.6 is 0 Å². The van der Waals surface area contributed by atoms with Crippen molar-refractivity contribution in [2.45, 2.75) is 31.7 Å². The van der Waals surface area contributed by atoms with Crippen LogP contribution in [0, 0.1) is 0 Å². The lowest BCUT2D eigenvalue weighted by Crippen LogP contribution is -2.35. The van der Waals surface area contributed by atoms with Crippen molar-refractivity contribution in [1.29, 1.82) is 0 Å². The minimum Gasteiger partial charge on any atom is -0.337 e. The zero-order valence-electron chi connectivity index (χ0n) is 9.89. The Morgan fingerprint density at radius 2 is 2.12 bits per heavy atom. The number of hydrogen-bond donors (Lipinski definition) is 2. The first kappa shape index (κ1) is 11.8. The molecule has 1 aliphatic carbocycles. The zero-order chi connectivity index (χ0) is 12.3. The molecular weight excluding hydrogens is 218 g/mol. The Labute approximate surface area is 100 Å². The highest BCUT2D eigenvalue weighted by Gasteiger charge is 2.24. The van der Waals surface area contributed by atoms with Crippen molar-refractivity contribution in [2.24, 2.45) is 5.84 Å². The molecule has 2 rings (SSSR count). The fraction of sp³-hybridized carbons (Fsp3) is 0.545. The van der Waals surface area contributed by atoms with E-state index in [0.717, 1.165) is 12.8 Å². The lowest BCUT2D eigenvalue weighted by molar-refractivity contribution is 0.0728. The van der Waals surface area contributed by atoms with Crippen LogP contribution in [0.5, 0.6) is 0 Å². The number of carbonyl (C=O) groups is 1. The van der Waals surface area contributed by atoms with Gasteiger partial charge in [0.25, 0.3) is 5.91 Å². The first-order valence-corrected chi connectivity index (χ1v) is 5.80. The van der Waals surface area contributed by atoms with Gasteiger partial charge in [0, 0.05) is 13.1 Å². The summed E-state index contributed by atoms with van der Waals surface area (Å²) >= 11 is 0. The van der Waals surface area contributed by atoms with Crippen LogP contribution < -0.4 is 11.3 Å². The van der Waals surface area contributed by atoms with Gasteiger partial charge in [-0.05, 0) is 25.0 Å². The lowest BCUT2D eigenvalue weighted by atomic mass is 10.2. The molecule has 6 nitrogen and oxygen atoms in total. The van der Waals surface area contributed by atoms with E-state index in [1.54, 1.807) is 17.0 Å². The molecule has 0 unspecified atom stereocenters. The molecule has 0 radical (unpaired) electrons. The van der Waals surface area contributed by atoms with E-state index in [4.69, 9.17) is 5.84 Å². The minimum absolute atomic E-state index is 0.0760. The fourth-order valence-electron chi connectivity index (χ4n) is 2.16. The van der Waals surface area contributed by atoms with Crippen LogP contribution in [-0.2, 0) is 0 Å². The van der Waals surface area contributed by atoms with Gasteiger partial charge in [0.05, 0.1) is 0 Å². The normalized spacial score (nSPS) is 15.9. The maximum absolute atomic E-state index is 12.1. The van der Waals surface area contributed by atoms with Crippen molar-refractivity contribution in [3.05, 3.63) is 17.8 Å². The Morgan fingerprint density at radius 3 is 2.65 bits per heavy atom. The molecule has 92 valence electrons. The van der Waals surface area contributed by atoms with Crippen LogP contribution in [-0.4, -0.2) is 34.1 Å². The Balaban J connectivity index is 2.07. The van der Waals surface area contributed by atoms with E-state index in [9.17, 15) is 4.79 Å². The summed E-state index contributed by atoms with van der Waals surface area (Å²) in [5.74, 6) is 5.56. The molecule has 3 N–H and O–H groups in total. The monoisotopic (exact) mass is 235 g/mol. The standard InChI is InChI=1S/C11H17N5O/c1-16(8-4-2-3-5-8)11(17)9-6-7-10(13-12)15-14-9/h6-8H,2-5,12H2,1H3,(H,13,15). The molecule has 0 spiro atoms. The van der Waals surface area contributed by atoms with Crippen molar-refractivity contribution in [3.63, 3.8) is 0 Å². The molecule has 1 fully saturated rings. The molecule has 0 bridgehead atoms. The van der Waals surface area contributed by atoms with E-state index in [-0.39, 0.29) is 5.91 Å². The number of aromatic nitrogens is 2. The number of carbonyl (C=O) groups excluding carboxylic acids is 1. The predicted molar refractivity (Wildman–Crippen MR) is 64.2 cm³/mol. The Bertz CT molecular complexity index is 385. The SMILES string of the molecule is CN(C(=O)c1ccc(NN)nn1)C1CCCC1. The highest BCUT2D eigenvalue weighted by Crippen LogP contribution is 2.23. The first-order valence-electron chi connectivity index (χ1n) is 5.80. The number of nitrogens with one attached hydrogen (secondary N) is 1. The maximum atomic E-state index is 12.1. The summed E-state index contributed by atoms with van der Waals surface area (Å²) in [6, 6.07) is 3.62. The van der Waals surface area contributed by atoms with Gasteiger partial charge >= 0.3 is 0 Å². The van der Waals surface area contributed by atoms with Gasteiger partial charge < -0.3 is 10.3 Å². The number of anilines is 1.